The fraction of sp³-hybridized carbons (Fsp3) is 0.214. The molecular formula is C14H15N5O6S. The Labute approximate surface area is 147 Å². The standard InChI is InChI=1S/C14H15N5O6S/c1-18-13(20)6-5-12(17-18)14(21)15-7-8-16-26(24,25)11-4-2-3-10(9-11)19(22)23/h2-6,9,16H,7-8H2,1H3,(H,15,21). The topological polar surface area (TPSA) is 153 Å². The number of sulfonamides is 1. The van der Waals surface area contributed by atoms with E-state index in [0.29, 0.717) is 0 Å². The maximum Gasteiger partial charge on any atom is 0.271 e. The number of carbonyl (C=O) groups excluding carboxylic acids is 1. The van der Waals surface area contributed by atoms with Gasteiger partial charge in [-0.2, -0.15) is 5.10 Å². The van der Waals surface area contributed by atoms with Crippen molar-refractivity contribution in [2.24, 2.45) is 7.05 Å². The summed E-state index contributed by atoms with van der Waals surface area (Å²) >= 11 is 0. The Hall–Kier alpha value is -3.12. The maximum atomic E-state index is 12.1. The van der Waals surface area contributed by atoms with Crippen molar-refractivity contribution >= 4 is 21.6 Å². The molecule has 2 aromatic rings. The number of hydrogen-bond donors (Lipinski definition) is 2. The van der Waals surface area contributed by atoms with E-state index >= 15 is 0 Å². The van der Waals surface area contributed by atoms with Crippen molar-refractivity contribution in [3.63, 3.8) is 0 Å². The lowest BCUT2D eigenvalue weighted by atomic mass is 10.3. The van der Waals surface area contributed by atoms with Crippen LogP contribution in [0.1, 0.15) is 10.5 Å². The van der Waals surface area contributed by atoms with Gasteiger partial charge < -0.3 is 5.32 Å². The molecule has 138 valence electrons. The molecule has 26 heavy (non-hydrogen) atoms. The maximum absolute atomic E-state index is 12.1. The van der Waals surface area contributed by atoms with Crippen molar-refractivity contribution in [1.29, 1.82) is 0 Å². The Morgan fingerprint density at radius 2 is 2.00 bits per heavy atom. The van der Waals surface area contributed by atoms with Gasteiger partial charge in [0.15, 0.2) is 0 Å². The molecule has 0 saturated heterocycles. The second-order valence-electron chi connectivity index (χ2n) is 5.09. The highest BCUT2D eigenvalue weighted by Crippen LogP contribution is 2.16. The highest BCUT2D eigenvalue weighted by Gasteiger charge is 2.17. The first kappa shape index (κ1) is 19.2. The predicted octanol–water partition coefficient (Wildman–Crippen LogP) is -0.603. The zero-order chi connectivity index (χ0) is 19.3. The minimum atomic E-state index is -3.96. The van der Waals surface area contributed by atoms with E-state index in [1.165, 1.54) is 37.4 Å². The molecule has 0 spiro atoms. The van der Waals surface area contributed by atoms with E-state index in [2.05, 4.69) is 15.1 Å². The molecule has 0 radical (unpaired) electrons. The van der Waals surface area contributed by atoms with Gasteiger partial charge in [-0.15, -0.1) is 0 Å². The smallest absolute Gasteiger partial charge is 0.271 e. The molecule has 0 aliphatic carbocycles. The first-order chi connectivity index (χ1) is 12.2. The Morgan fingerprint density at radius 3 is 2.65 bits per heavy atom. The van der Waals surface area contributed by atoms with Gasteiger partial charge in [0.05, 0.1) is 9.82 Å². The van der Waals surface area contributed by atoms with Crippen LogP contribution in [0.15, 0.2) is 46.1 Å². The molecule has 1 aromatic carbocycles. The largest absolute Gasteiger partial charge is 0.349 e. The van der Waals surface area contributed by atoms with Crippen molar-refractivity contribution < 1.29 is 18.1 Å². The van der Waals surface area contributed by atoms with E-state index in [1.807, 2.05) is 0 Å². The van der Waals surface area contributed by atoms with Crippen LogP contribution in [0.5, 0.6) is 0 Å². The summed E-state index contributed by atoms with van der Waals surface area (Å²) in [5.41, 5.74) is -0.707. The normalized spacial score (nSPS) is 11.1. The van der Waals surface area contributed by atoms with Crippen LogP contribution in [0, 0.1) is 10.1 Å². The van der Waals surface area contributed by atoms with Gasteiger partial charge in [0.25, 0.3) is 17.2 Å². The van der Waals surface area contributed by atoms with Gasteiger partial charge in [-0.1, -0.05) is 6.07 Å². The molecule has 12 heteroatoms. The summed E-state index contributed by atoms with van der Waals surface area (Å²) in [6.07, 6.45) is 0. The van der Waals surface area contributed by atoms with Crippen LogP contribution < -0.4 is 15.6 Å². The monoisotopic (exact) mass is 381 g/mol. The number of benzene rings is 1. The van der Waals surface area contributed by atoms with Crippen molar-refractivity contribution in [1.82, 2.24) is 19.8 Å². The first-order valence-electron chi connectivity index (χ1n) is 7.27. The summed E-state index contributed by atoms with van der Waals surface area (Å²) in [4.78, 5) is 32.9. The number of carbonyl (C=O) groups is 1. The molecule has 1 heterocycles. The Morgan fingerprint density at radius 1 is 1.27 bits per heavy atom. The van der Waals surface area contributed by atoms with Crippen molar-refractivity contribution in [2.75, 3.05) is 13.1 Å². The first-order valence-corrected chi connectivity index (χ1v) is 8.76. The fourth-order valence-corrected chi connectivity index (χ4v) is 2.99. The molecule has 2 rings (SSSR count). The molecule has 0 bridgehead atoms. The van der Waals surface area contributed by atoms with E-state index in [9.17, 15) is 28.1 Å². The predicted molar refractivity (Wildman–Crippen MR) is 90.1 cm³/mol. The summed E-state index contributed by atoms with van der Waals surface area (Å²) in [6.45, 7) is -0.181. The number of aromatic nitrogens is 2. The Balaban J connectivity index is 1.93. The number of nitrogens with one attached hydrogen (secondary N) is 2. The average Bonchev–Trinajstić information content (AvgIpc) is 2.61. The van der Waals surface area contributed by atoms with Gasteiger partial charge in [-0.05, 0) is 12.1 Å². The van der Waals surface area contributed by atoms with Gasteiger partial charge >= 0.3 is 0 Å². The summed E-state index contributed by atoms with van der Waals surface area (Å²) < 4.78 is 27.4. The second kappa shape index (κ2) is 7.84. The van der Waals surface area contributed by atoms with Gasteiger partial charge in [-0.3, -0.25) is 19.7 Å². The number of nitrogens with zero attached hydrogens (tertiary/aromatic N) is 3. The van der Waals surface area contributed by atoms with Gasteiger partial charge in [0, 0.05) is 38.3 Å². The van der Waals surface area contributed by atoms with Crippen molar-refractivity contribution in [2.45, 2.75) is 4.90 Å². The van der Waals surface area contributed by atoms with Crippen molar-refractivity contribution in [3.8, 4) is 0 Å². The Bertz CT molecular complexity index is 1000. The van der Waals surface area contributed by atoms with Crippen LogP contribution in [-0.4, -0.2) is 42.1 Å². The van der Waals surface area contributed by atoms with Gasteiger partial charge in [0.1, 0.15) is 5.69 Å². The van der Waals surface area contributed by atoms with E-state index in [1.54, 1.807) is 0 Å². The summed E-state index contributed by atoms with van der Waals surface area (Å²) in [7, 11) is -2.56. The molecule has 0 aliphatic rings. The zero-order valence-electron chi connectivity index (χ0n) is 13.6. The molecule has 0 aliphatic heterocycles. The van der Waals surface area contributed by atoms with Gasteiger partial charge in [0.2, 0.25) is 10.0 Å². The molecule has 0 fully saturated rings. The Kier molecular flexibility index (Phi) is 5.79. The molecular weight excluding hydrogens is 366 g/mol. The SMILES string of the molecule is Cn1nc(C(=O)NCCNS(=O)(=O)c2cccc([N+](=O)[O-])c2)ccc1=O. The van der Waals surface area contributed by atoms with Gasteiger partial charge in [-0.25, -0.2) is 17.8 Å². The van der Waals surface area contributed by atoms with Crippen LogP contribution in [0.2, 0.25) is 0 Å². The minimum absolute atomic E-state index is 0.00800. The van der Waals surface area contributed by atoms with E-state index < -0.39 is 20.9 Å². The van der Waals surface area contributed by atoms with E-state index in [4.69, 9.17) is 0 Å². The molecule has 1 aromatic heterocycles. The molecule has 11 nitrogen and oxygen atoms in total. The second-order valence-corrected chi connectivity index (χ2v) is 6.86. The molecule has 0 saturated carbocycles. The van der Waals surface area contributed by atoms with Crippen LogP contribution in [0.3, 0.4) is 0 Å². The van der Waals surface area contributed by atoms with Crippen LogP contribution in [0.25, 0.3) is 0 Å². The molecule has 0 atom stereocenters. The minimum Gasteiger partial charge on any atom is -0.349 e. The third-order valence-electron chi connectivity index (χ3n) is 3.23. The fourth-order valence-electron chi connectivity index (χ4n) is 1.92. The van der Waals surface area contributed by atoms with E-state index in [-0.39, 0.29) is 34.9 Å². The van der Waals surface area contributed by atoms with Crippen LogP contribution in [-0.2, 0) is 17.1 Å². The van der Waals surface area contributed by atoms with Crippen LogP contribution in [0.4, 0.5) is 5.69 Å². The number of nitro groups is 1. The highest BCUT2D eigenvalue weighted by atomic mass is 32.2. The lowest BCUT2D eigenvalue weighted by Crippen LogP contribution is -2.35. The summed E-state index contributed by atoms with van der Waals surface area (Å²) in [6, 6.07) is 7.05. The lowest BCUT2D eigenvalue weighted by Gasteiger charge is -2.08. The summed E-state index contributed by atoms with van der Waals surface area (Å²) in [5.74, 6) is -0.574. The molecule has 2 N–H and O–H groups in total. The zero-order valence-corrected chi connectivity index (χ0v) is 14.4. The number of rotatable bonds is 7. The average molecular weight is 381 g/mol. The van der Waals surface area contributed by atoms with Crippen molar-refractivity contribution in [3.05, 3.63) is 62.6 Å². The summed E-state index contributed by atoms with van der Waals surface area (Å²) in [5, 5.41) is 16.9. The molecule has 1 amide bonds. The lowest BCUT2D eigenvalue weighted by molar-refractivity contribution is -0.385. The third-order valence-corrected chi connectivity index (χ3v) is 4.69. The number of amides is 1. The number of non-ortho nitro benzene ring substituents is 1. The molecule has 0 unspecified atom stereocenters. The third kappa shape index (κ3) is 4.70. The highest BCUT2D eigenvalue weighted by molar-refractivity contribution is 7.89. The quantitative estimate of drug-likeness (QED) is 0.369. The van der Waals surface area contributed by atoms with E-state index in [0.717, 1.165) is 10.7 Å². The number of hydrogen-bond acceptors (Lipinski definition) is 7. The number of aryl methyl sites for hydroxylation is 1. The van der Waals surface area contributed by atoms with Crippen LogP contribution >= 0.6 is 0 Å². The number of nitro benzene ring substituents is 1.